The van der Waals surface area contributed by atoms with Crippen molar-refractivity contribution in [2.24, 2.45) is 5.73 Å². The Hall–Kier alpha value is -3.07. The Morgan fingerprint density at radius 1 is 1.36 bits per heavy atom. The standard InChI is InChI=1S/C16H11FN2O3/c1-8-6-12(20)14-15(21-8)13(10(7-18)16(19)22-14)9-4-2-3-5-11(9)17/h2-6,13H,19H2,1H3. The average molecular weight is 298 g/mol. The van der Waals surface area contributed by atoms with E-state index in [1.165, 1.54) is 24.3 Å². The fourth-order valence-electron chi connectivity index (χ4n) is 2.48. The third-order valence-corrected chi connectivity index (χ3v) is 3.42. The molecule has 1 aromatic heterocycles. The highest BCUT2D eigenvalue weighted by Crippen LogP contribution is 2.41. The van der Waals surface area contributed by atoms with E-state index in [0.29, 0.717) is 5.76 Å². The number of halogens is 1. The van der Waals surface area contributed by atoms with E-state index < -0.39 is 17.2 Å². The van der Waals surface area contributed by atoms with Gasteiger partial charge in [-0.05, 0) is 13.0 Å². The van der Waals surface area contributed by atoms with Crippen LogP contribution >= 0.6 is 0 Å². The molecule has 5 nitrogen and oxygen atoms in total. The van der Waals surface area contributed by atoms with Crippen LogP contribution in [-0.4, -0.2) is 0 Å². The van der Waals surface area contributed by atoms with Gasteiger partial charge in [0, 0.05) is 11.6 Å². The minimum Gasteiger partial charge on any atom is -0.461 e. The number of nitriles is 1. The summed E-state index contributed by atoms with van der Waals surface area (Å²) in [6.07, 6.45) is 0. The number of nitrogens with two attached hydrogens (primary N) is 1. The minimum absolute atomic E-state index is 0.00588. The van der Waals surface area contributed by atoms with Gasteiger partial charge in [0.05, 0.1) is 5.92 Å². The summed E-state index contributed by atoms with van der Waals surface area (Å²) in [5.41, 5.74) is 5.49. The van der Waals surface area contributed by atoms with Crippen LogP contribution in [0.4, 0.5) is 4.39 Å². The van der Waals surface area contributed by atoms with Crippen molar-refractivity contribution in [2.75, 3.05) is 0 Å². The lowest BCUT2D eigenvalue weighted by Crippen LogP contribution is -2.25. The van der Waals surface area contributed by atoms with E-state index in [-0.39, 0.29) is 28.5 Å². The Bertz CT molecular complexity index is 893. The van der Waals surface area contributed by atoms with Crippen LogP contribution in [0.3, 0.4) is 0 Å². The molecule has 2 heterocycles. The van der Waals surface area contributed by atoms with Gasteiger partial charge in [-0.25, -0.2) is 4.39 Å². The highest BCUT2D eigenvalue weighted by Gasteiger charge is 2.36. The lowest BCUT2D eigenvalue weighted by Gasteiger charge is -2.24. The van der Waals surface area contributed by atoms with Crippen molar-refractivity contribution in [2.45, 2.75) is 12.8 Å². The first-order valence-electron chi connectivity index (χ1n) is 6.49. The zero-order chi connectivity index (χ0) is 15.9. The largest absolute Gasteiger partial charge is 0.461 e. The first-order chi connectivity index (χ1) is 10.5. The number of fused-ring (bicyclic) bond motifs is 1. The third kappa shape index (κ3) is 2.04. The van der Waals surface area contributed by atoms with Crippen molar-refractivity contribution in [3.05, 3.63) is 74.9 Å². The van der Waals surface area contributed by atoms with E-state index in [0.717, 1.165) is 0 Å². The Kier molecular flexibility index (Phi) is 3.18. The number of rotatable bonds is 1. The summed E-state index contributed by atoms with van der Waals surface area (Å²) in [5.74, 6) is -1.35. The quantitative estimate of drug-likeness (QED) is 0.872. The molecule has 3 rings (SSSR count). The third-order valence-electron chi connectivity index (χ3n) is 3.42. The van der Waals surface area contributed by atoms with Crippen molar-refractivity contribution in [3.8, 4) is 11.8 Å². The molecule has 0 saturated heterocycles. The number of hydrogen-bond acceptors (Lipinski definition) is 5. The van der Waals surface area contributed by atoms with Gasteiger partial charge in [0.1, 0.15) is 23.2 Å². The van der Waals surface area contributed by atoms with E-state index in [4.69, 9.17) is 14.9 Å². The van der Waals surface area contributed by atoms with Gasteiger partial charge < -0.3 is 14.9 Å². The monoisotopic (exact) mass is 298 g/mol. The van der Waals surface area contributed by atoms with Crippen molar-refractivity contribution in [1.82, 2.24) is 0 Å². The predicted molar refractivity (Wildman–Crippen MR) is 75.4 cm³/mol. The molecular weight excluding hydrogens is 287 g/mol. The molecule has 0 amide bonds. The molecule has 2 N–H and O–H groups in total. The molecule has 1 aliphatic rings. The zero-order valence-corrected chi connectivity index (χ0v) is 11.6. The molecule has 1 atom stereocenters. The summed E-state index contributed by atoms with van der Waals surface area (Å²) in [5, 5.41) is 9.34. The molecule has 1 unspecified atom stereocenters. The van der Waals surface area contributed by atoms with Gasteiger partial charge in [-0.3, -0.25) is 4.79 Å². The van der Waals surface area contributed by atoms with Gasteiger partial charge in [0.2, 0.25) is 17.1 Å². The molecule has 110 valence electrons. The number of benzene rings is 1. The normalized spacial score (nSPS) is 16.7. The SMILES string of the molecule is Cc1cc(=O)c2c(o1)C(c1ccccc1F)C(C#N)=C(N)O2. The van der Waals surface area contributed by atoms with Crippen molar-refractivity contribution >= 4 is 0 Å². The molecule has 22 heavy (non-hydrogen) atoms. The second kappa shape index (κ2) is 5.04. The van der Waals surface area contributed by atoms with E-state index >= 15 is 0 Å². The summed E-state index contributed by atoms with van der Waals surface area (Å²) in [4.78, 5) is 12.0. The Balaban J connectivity index is 2.35. The van der Waals surface area contributed by atoms with E-state index in [1.807, 2.05) is 6.07 Å². The lowest BCUT2D eigenvalue weighted by molar-refractivity contribution is 0.336. The van der Waals surface area contributed by atoms with Crippen LogP contribution in [0.15, 0.2) is 51.0 Å². The van der Waals surface area contributed by atoms with Crippen LogP contribution in [-0.2, 0) is 0 Å². The summed E-state index contributed by atoms with van der Waals surface area (Å²) in [6.45, 7) is 1.59. The fraction of sp³-hybridized carbons (Fsp3) is 0.125. The molecule has 1 aliphatic heterocycles. The smallest absolute Gasteiger partial charge is 0.228 e. The topological polar surface area (TPSA) is 89.2 Å². The average Bonchev–Trinajstić information content (AvgIpc) is 2.48. The molecule has 0 fully saturated rings. The lowest BCUT2D eigenvalue weighted by atomic mass is 9.87. The number of aryl methyl sites for hydroxylation is 1. The van der Waals surface area contributed by atoms with Gasteiger partial charge in [-0.15, -0.1) is 0 Å². The van der Waals surface area contributed by atoms with Crippen LogP contribution < -0.4 is 15.9 Å². The van der Waals surface area contributed by atoms with Crippen molar-refractivity contribution in [3.63, 3.8) is 0 Å². The molecular formula is C16H11FN2O3. The molecule has 0 aliphatic carbocycles. The van der Waals surface area contributed by atoms with Crippen LogP contribution in [0.2, 0.25) is 0 Å². The Morgan fingerprint density at radius 3 is 2.77 bits per heavy atom. The van der Waals surface area contributed by atoms with Gasteiger partial charge in [0.15, 0.2) is 5.76 Å². The number of allylic oxidation sites excluding steroid dienone is 1. The van der Waals surface area contributed by atoms with E-state index in [1.54, 1.807) is 13.0 Å². The summed E-state index contributed by atoms with van der Waals surface area (Å²) < 4.78 is 24.9. The maximum atomic E-state index is 14.2. The summed E-state index contributed by atoms with van der Waals surface area (Å²) >= 11 is 0. The van der Waals surface area contributed by atoms with Crippen LogP contribution in [0, 0.1) is 24.1 Å². The highest BCUT2D eigenvalue weighted by atomic mass is 19.1. The second-order valence-corrected chi connectivity index (χ2v) is 4.86. The maximum absolute atomic E-state index is 14.2. The van der Waals surface area contributed by atoms with Gasteiger partial charge in [-0.1, -0.05) is 18.2 Å². The van der Waals surface area contributed by atoms with Gasteiger partial charge in [0.25, 0.3) is 0 Å². The first kappa shape index (κ1) is 13.9. The zero-order valence-electron chi connectivity index (χ0n) is 11.6. The highest BCUT2D eigenvalue weighted by molar-refractivity contribution is 5.52. The van der Waals surface area contributed by atoms with Gasteiger partial charge >= 0.3 is 0 Å². The van der Waals surface area contributed by atoms with Gasteiger partial charge in [-0.2, -0.15) is 5.26 Å². The van der Waals surface area contributed by atoms with E-state index in [9.17, 15) is 14.4 Å². The maximum Gasteiger partial charge on any atom is 0.228 e. The molecule has 0 radical (unpaired) electrons. The molecule has 6 heteroatoms. The Morgan fingerprint density at radius 2 is 2.09 bits per heavy atom. The molecule has 1 aromatic carbocycles. The summed E-state index contributed by atoms with van der Waals surface area (Å²) in [6, 6.07) is 9.11. The van der Waals surface area contributed by atoms with Crippen LogP contribution in [0.1, 0.15) is 23.0 Å². The second-order valence-electron chi connectivity index (χ2n) is 4.86. The summed E-state index contributed by atoms with van der Waals surface area (Å²) in [7, 11) is 0. The minimum atomic E-state index is -0.914. The molecule has 2 aromatic rings. The Labute approximate surface area is 125 Å². The first-order valence-corrected chi connectivity index (χ1v) is 6.49. The predicted octanol–water partition coefficient (Wildman–Crippen LogP) is 2.31. The van der Waals surface area contributed by atoms with Crippen LogP contribution in [0.5, 0.6) is 5.75 Å². The molecule has 0 saturated carbocycles. The number of ether oxygens (including phenoxy) is 1. The van der Waals surface area contributed by atoms with Crippen LogP contribution in [0.25, 0.3) is 0 Å². The van der Waals surface area contributed by atoms with E-state index in [2.05, 4.69) is 0 Å². The number of nitrogens with zero attached hydrogens (tertiary/aromatic N) is 1. The van der Waals surface area contributed by atoms with Crippen molar-refractivity contribution < 1.29 is 13.5 Å². The fourth-order valence-corrected chi connectivity index (χ4v) is 2.48. The molecule has 0 bridgehead atoms. The molecule has 0 spiro atoms. The number of hydrogen-bond donors (Lipinski definition) is 1. The van der Waals surface area contributed by atoms with Crippen molar-refractivity contribution in [1.29, 1.82) is 5.26 Å².